The molecule has 3 nitrogen and oxygen atoms in total. The minimum absolute atomic E-state index is 0.798. The fourth-order valence-corrected chi connectivity index (χ4v) is 5.85. The van der Waals surface area contributed by atoms with Crippen LogP contribution in [0.15, 0.2) is 162 Å². The van der Waals surface area contributed by atoms with Crippen LogP contribution in [0.4, 0.5) is 17.2 Å². The first-order valence-electron chi connectivity index (χ1n) is 14.1. The summed E-state index contributed by atoms with van der Waals surface area (Å²) in [4.78, 5) is 7.14. The number of rotatable bonds is 5. The molecule has 0 amide bonds. The topological polar surface area (TPSA) is 29.3 Å². The Morgan fingerprint density at radius 3 is 1.86 bits per heavy atom. The molecule has 0 atom stereocenters. The molecule has 6 aromatic carbocycles. The molecule has 0 N–H and O–H groups in total. The lowest BCUT2D eigenvalue weighted by Crippen LogP contribution is -2.11. The van der Waals surface area contributed by atoms with E-state index in [0.29, 0.717) is 0 Å². The van der Waals surface area contributed by atoms with Crippen LogP contribution in [0, 0.1) is 0 Å². The average molecular weight is 539 g/mol. The van der Waals surface area contributed by atoms with Crippen molar-refractivity contribution >= 4 is 49.9 Å². The van der Waals surface area contributed by atoms with Gasteiger partial charge < -0.3 is 4.42 Å². The Kier molecular flexibility index (Phi) is 5.79. The Morgan fingerprint density at radius 1 is 0.452 bits per heavy atom. The highest BCUT2D eigenvalue weighted by atomic mass is 16.3. The van der Waals surface area contributed by atoms with E-state index in [0.717, 1.165) is 39.1 Å². The number of furan rings is 1. The second-order valence-electron chi connectivity index (χ2n) is 10.5. The van der Waals surface area contributed by atoms with Gasteiger partial charge in [-0.05, 0) is 63.4 Å². The standard InChI is InChI=1S/C39H26N2O/c1-2-9-27(10-3-1)28-17-21-31(22-18-28)41(39-25-38-36(26-40-39)35-14-6-7-16-37(35)42-38)32-23-19-30(20-24-32)34-15-8-12-29-11-4-5-13-33(29)34/h1-26H. The van der Waals surface area contributed by atoms with Crippen LogP contribution in [0.25, 0.3) is 55.0 Å². The number of nitrogens with zero attached hydrogens (tertiary/aromatic N) is 2. The normalized spacial score (nSPS) is 11.3. The van der Waals surface area contributed by atoms with Crippen LogP contribution < -0.4 is 4.90 Å². The minimum atomic E-state index is 0.798. The van der Waals surface area contributed by atoms with Crippen LogP contribution in [0.2, 0.25) is 0 Å². The first-order valence-corrected chi connectivity index (χ1v) is 14.1. The van der Waals surface area contributed by atoms with E-state index < -0.39 is 0 Å². The predicted molar refractivity (Wildman–Crippen MR) is 175 cm³/mol. The molecule has 0 spiro atoms. The Labute approximate surface area is 243 Å². The van der Waals surface area contributed by atoms with Gasteiger partial charge in [-0.2, -0.15) is 0 Å². The van der Waals surface area contributed by atoms with Crippen molar-refractivity contribution < 1.29 is 4.42 Å². The minimum Gasteiger partial charge on any atom is -0.456 e. The van der Waals surface area contributed by atoms with E-state index in [2.05, 4.69) is 126 Å². The molecule has 198 valence electrons. The molecule has 2 aromatic heterocycles. The average Bonchev–Trinajstić information content (AvgIpc) is 3.44. The summed E-state index contributed by atoms with van der Waals surface area (Å²) in [6, 6.07) is 53.0. The number of benzene rings is 6. The van der Waals surface area contributed by atoms with Gasteiger partial charge in [0.2, 0.25) is 0 Å². The van der Waals surface area contributed by atoms with Crippen LogP contribution in [0.1, 0.15) is 0 Å². The van der Waals surface area contributed by atoms with Crippen molar-refractivity contribution in [1.82, 2.24) is 4.98 Å². The van der Waals surface area contributed by atoms with Gasteiger partial charge in [0.25, 0.3) is 0 Å². The van der Waals surface area contributed by atoms with Crippen molar-refractivity contribution in [3.63, 3.8) is 0 Å². The Bertz CT molecular complexity index is 2170. The number of fused-ring (bicyclic) bond motifs is 4. The zero-order valence-corrected chi connectivity index (χ0v) is 22.8. The number of anilines is 3. The summed E-state index contributed by atoms with van der Waals surface area (Å²) in [5.74, 6) is 0.798. The first-order chi connectivity index (χ1) is 20.8. The van der Waals surface area contributed by atoms with Gasteiger partial charge in [0, 0.05) is 34.4 Å². The van der Waals surface area contributed by atoms with Crippen molar-refractivity contribution in [3.8, 4) is 22.3 Å². The number of para-hydroxylation sites is 1. The second kappa shape index (κ2) is 10.1. The second-order valence-corrected chi connectivity index (χ2v) is 10.5. The number of hydrogen-bond acceptors (Lipinski definition) is 3. The van der Waals surface area contributed by atoms with Gasteiger partial charge in [0.05, 0.1) is 0 Å². The van der Waals surface area contributed by atoms with Crippen LogP contribution in [0.5, 0.6) is 0 Å². The fraction of sp³-hybridized carbons (Fsp3) is 0. The highest BCUT2D eigenvalue weighted by molar-refractivity contribution is 6.05. The van der Waals surface area contributed by atoms with E-state index >= 15 is 0 Å². The largest absolute Gasteiger partial charge is 0.456 e. The number of pyridine rings is 1. The molecular formula is C39H26N2O. The molecule has 0 bridgehead atoms. The Morgan fingerprint density at radius 2 is 1.07 bits per heavy atom. The molecule has 0 radical (unpaired) electrons. The molecule has 0 unspecified atom stereocenters. The van der Waals surface area contributed by atoms with E-state index in [1.54, 1.807) is 0 Å². The highest BCUT2D eigenvalue weighted by Gasteiger charge is 2.17. The summed E-state index contributed by atoms with van der Waals surface area (Å²) in [5.41, 5.74) is 8.49. The fourth-order valence-electron chi connectivity index (χ4n) is 5.85. The quantitative estimate of drug-likeness (QED) is 0.218. The van der Waals surface area contributed by atoms with Crippen molar-refractivity contribution in [2.75, 3.05) is 4.90 Å². The molecule has 0 saturated carbocycles. The number of hydrogen-bond donors (Lipinski definition) is 0. The van der Waals surface area contributed by atoms with Crippen LogP contribution in [-0.2, 0) is 0 Å². The molecule has 0 aliphatic heterocycles. The van der Waals surface area contributed by atoms with Crippen molar-refractivity contribution in [2.24, 2.45) is 0 Å². The predicted octanol–water partition coefficient (Wildman–Crippen LogP) is 10.9. The molecule has 0 fully saturated rings. The van der Waals surface area contributed by atoms with Crippen LogP contribution in [-0.4, -0.2) is 4.98 Å². The van der Waals surface area contributed by atoms with Crippen molar-refractivity contribution in [2.45, 2.75) is 0 Å². The van der Waals surface area contributed by atoms with Gasteiger partial charge in [-0.25, -0.2) is 4.98 Å². The molecule has 3 heteroatoms. The lowest BCUT2D eigenvalue weighted by Gasteiger charge is -2.25. The maximum Gasteiger partial charge on any atom is 0.141 e. The van der Waals surface area contributed by atoms with Gasteiger partial charge in [-0.15, -0.1) is 0 Å². The van der Waals surface area contributed by atoms with Gasteiger partial charge in [0.1, 0.15) is 17.0 Å². The third-order valence-electron chi connectivity index (χ3n) is 7.94. The number of aromatic nitrogens is 1. The Hall–Kier alpha value is -5.67. The maximum absolute atomic E-state index is 6.24. The molecule has 0 aliphatic rings. The van der Waals surface area contributed by atoms with E-state index in [1.807, 2.05) is 36.5 Å². The third-order valence-corrected chi connectivity index (χ3v) is 7.94. The van der Waals surface area contributed by atoms with Crippen LogP contribution in [0.3, 0.4) is 0 Å². The summed E-state index contributed by atoms with van der Waals surface area (Å²) >= 11 is 0. The molecule has 0 saturated heterocycles. The van der Waals surface area contributed by atoms with E-state index in [9.17, 15) is 0 Å². The zero-order valence-electron chi connectivity index (χ0n) is 22.8. The zero-order chi connectivity index (χ0) is 27.9. The molecule has 42 heavy (non-hydrogen) atoms. The van der Waals surface area contributed by atoms with Crippen molar-refractivity contribution in [1.29, 1.82) is 0 Å². The van der Waals surface area contributed by atoms with Gasteiger partial charge in [-0.1, -0.05) is 115 Å². The lowest BCUT2D eigenvalue weighted by atomic mass is 9.98. The van der Waals surface area contributed by atoms with E-state index in [1.165, 1.54) is 33.0 Å². The maximum atomic E-state index is 6.24. The summed E-state index contributed by atoms with van der Waals surface area (Å²) in [7, 11) is 0. The molecule has 2 heterocycles. The van der Waals surface area contributed by atoms with E-state index in [4.69, 9.17) is 9.40 Å². The smallest absolute Gasteiger partial charge is 0.141 e. The van der Waals surface area contributed by atoms with Gasteiger partial charge in [0.15, 0.2) is 0 Å². The molecule has 8 rings (SSSR count). The van der Waals surface area contributed by atoms with Crippen molar-refractivity contribution in [3.05, 3.63) is 158 Å². The summed E-state index contributed by atoms with van der Waals surface area (Å²) in [5, 5.41) is 4.57. The molecular weight excluding hydrogens is 512 g/mol. The molecule has 0 aliphatic carbocycles. The van der Waals surface area contributed by atoms with Gasteiger partial charge in [-0.3, -0.25) is 4.90 Å². The monoisotopic (exact) mass is 538 g/mol. The lowest BCUT2D eigenvalue weighted by molar-refractivity contribution is 0.668. The SMILES string of the molecule is c1ccc(-c2ccc(N(c3ccc(-c4cccc5ccccc45)cc3)c3cc4oc5ccccc5c4cn3)cc2)cc1. The van der Waals surface area contributed by atoms with Crippen LogP contribution >= 0.6 is 0 Å². The molecule has 8 aromatic rings. The summed E-state index contributed by atoms with van der Waals surface area (Å²) in [6.07, 6.45) is 1.92. The van der Waals surface area contributed by atoms with Gasteiger partial charge >= 0.3 is 0 Å². The highest BCUT2D eigenvalue weighted by Crippen LogP contribution is 2.39. The van der Waals surface area contributed by atoms with E-state index in [-0.39, 0.29) is 0 Å². The Balaban J connectivity index is 1.24. The first kappa shape index (κ1) is 24.2. The third kappa shape index (κ3) is 4.20. The summed E-state index contributed by atoms with van der Waals surface area (Å²) < 4.78 is 6.24. The summed E-state index contributed by atoms with van der Waals surface area (Å²) in [6.45, 7) is 0.